The van der Waals surface area contributed by atoms with E-state index in [2.05, 4.69) is 21.1 Å². The first-order chi connectivity index (χ1) is 12.2. The van der Waals surface area contributed by atoms with Gasteiger partial charge in [-0.25, -0.2) is 14.5 Å². The monoisotopic (exact) mass is 332 g/mol. The van der Waals surface area contributed by atoms with Gasteiger partial charge in [0.1, 0.15) is 5.82 Å². The number of aromatic amines is 1. The van der Waals surface area contributed by atoms with Crippen molar-refractivity contribution in [1.29, 1.82) is 0 Å². The molecule has 0 bridgehead atoms. The molecule has 0 amide bonds. The number of fused-ring (bicyclic) bond motifs is 1. The number of H-pyrrole nitrogens is 1. The van der Waals surface area contributed by atoms with Crippen molar-refractivity contribution in [2.75, 3.05) is 7.11 Å². The average Bonchev–Trinajstić information content (AvgIpc) is 3.29. The van der Waals surface area contributed by atoms with Crippen LogP contribution in [-0.4, -0.2) is 32.8 Å². The summed E-state index contributed by atoms with van der Waals surface area (Å²) in [5.41, 5.74) is 5.19. The Labute approximate surface area is 144 Å². The Balaban J connectivity index is 1.75. The van der Waals surface area contributed by atoms with E-state index in [0.717, 1.165) is 33.7 Å². The number of hydrogen-bond acceptors (Lipinski definition) is 4. The predicted molar refractivity (Wildman–Crippen MR) is 94.7 cm³/mol. The molecule has 0 saturated carbocycles. The minimum Gasteiger partial charge on any atom is -0.465 e. The lowest BCUT2D eigenvalue weighted by Crippen LogP contribution is -2.00. The number of carbonyl (C=O) groups is 1. The van der Waals surface area contributed by atoms with Gasteiger partial charge in [0.15, 0.2) is 0 Å². The zero-order valence-electron chi connectivity index (χ0n) is 13.9. The molecule has 4 aromatic rings. The standard InChI is InChI=1S/C19H16N4O2/c1-12-10-14(23-9-3-8-20-23)5-6-15(12)18-21-16-7-4-13(19(24)25-2)11-17(16)22-18/h3-11H,1-2H3,(H,21,22). The highest BCUT2D eigenvalue weighted by molar-refractivity contribution is 5.94. The van der Waals surface area contributed by atoms with Crippen LogP contribution in [-0.2, 0) is 4.74 Å². The minimum atomic E-state index is -0.363. The SMILES string of the molecule is COC(=O)c1ccc2nc(-c3ccc(-n4cccn4)cc3C)[nH]c2c1. The van der Waals surface area contributed by atoms with Crippen LogP contribution in [0.2, 0.25) is 0 Å². The Morgan fingerprint density at radius 2 is 2.08 bits per heavy atom. The first-order valence-corrected chi connectivity index (χ1v) is 7.85. The van der Waals surface area contributed by atoms with Crippen molar-refractivity contribution in [3.8, 4) is 17.1 Å². The Morgan fingerprint density at radius 3 is 2.80 bits per heavy atom. The number of aromatic nitrogens is 4. The maximum Gasteiger partial charge on any atom is 0.337 e. The Hall–Kier alpha value is -3.41. The highest BCUT2D eigenvalue weighted by Gasteiger charge is 2.12. The third-order valence-electron chi connectivity index (χ3n) is 4.14. The molecule has 0 aliphatic carbocycles. The van der Waals surface area contributed by atoms with E-state index in [9.17, 15) is 4.79 Å². The molecular formula is C19H16N4O2. The fourth-order valence-corrected chi connectivity index (χ4v) is 2.86. The molecule has 0 unspecified atom stereocenters. The molecule has 2 heterocycles. The van der Waals surface area contributed by atoms with Gasteiger partial charge in [-0.3, -0.25) is 0 Å². The molecule has 0 saturated heterocycles. The molecule has 2 aromatic carbocycles. The molecule has 0 aliphatic rings. The zero-order chi connectivity index (χ0) is 17.4. The van der Waals surface area contributed by atoms with Crippen LogP contribution in [0.4, 0.5) is 0 Å². The summed E-state index contributed by atoms with van der Waals surface area (Å²) < 4.78 is 6.58. The second kappa shape index (κ2) is 5.90. The van der Waals surface area contributed by atoms with Crippen molar-refractivity contribution in [2.24, 2.45) is 0 Å². The van der Waals surface area contributed by atoms with Gasteiger partial charge in [0.25, 0.3) is 0 Å². The topological polar surface area (TPSA) is 72.8 Å². The van der Waals surface area contributed by atoms with E-state index in [1.165, 1.54) is 7.11 Å². The first kappa shape index (κ1) is 15.1. The molecule has 124 valence electrons. The number of benzene rings is 2. The quantitative estimate of drug-likeness (QED) is 0.583. The van der Waals surface area contributed by atoms with E-state index >= 15 is 0 Å². The number of esters is 1. The van der Waals surface area contributed by atoms with Gasteiger partial charge in [-0.15, -0.1) is 0 Å². The number of nitrogens with zero attached hydrogens (tertiary/aromatic N) is 3. The average molecular weight is 332 g/mol. The van der Waals surface area contributed by atoms with E-state index in [1.54, 1.807) is 18.3 Å². The molecule has 4 rings (SSSR count). The highest BCUT2D eigenvalue weighted by atomic mass is 16.5. The number of aryl methyl sites for hydroxylation is 1. The van der Waals surface area contributed by atoms with Gasteiger partial charge in [-0.1, -0.05) is 0 Å². The van der Waals surface area contributed by atoms with Crippen LogP contribution in [0.25, 0.3) is 28.1 Å². The molecule has 6 nitrogen and oxygen atoms in total. The van der Waals surface area contributed by atoms with Gasteiger partial charge < -0.3 is 9.72 Å². The van der Waals surface area contributed by atoms with Crippen LogP contribution in [0, 0.1) is 6.92 Å². The summed E-state index contributed by atoms with van der Waals surface area (Å²) in [6, 6.07) is 13.3. The number of imidazole rings is 1. The van der Waals surface area contributed by atoms with Crippen LogP contribution >= 0.6 is 0 Å². The van der Waals surface area contributed by atoms with E-state index in [1.807, 2.05) is 42.1 Å². The molecule has 0 spiro atoms. The number of methoxy groups -OCH3 is 1. The molecule has 0 fully saturated rings. The maximum absolute atomic E-state index is 11.7. The van der Waals surface area contributed by atoms with Gasteiger partial charge in [0.05, 0.1) is 29.4 Å². The first-order valence-electron chi connectivity index (χ1n) is 7.85. The third kappa shape index (κ3) is 2.67. The van der Waals surface area contributed by atoms with Crippen LogP contribution < -0.4 is 0 Å². The predicted octanol–water partition coefficient (Wildman–Crippen LogP) is 3.51. The van der Waals surface area contributed by atoms with Crippen molar-refractivity contribution >= 4 is 17.0 Å². The summed E-state index contributed by atoms with van der Waals surface area (Å²) in [4.78, 5) is 19.6. The number of carbonyl (C=O) groups excluding carboxylic acids is 1. The summed E-state index contributed by atoms with van der Waals surface area (Å²) in [7, 11) is 1.37. The van der Waals surface area contributed by atoms with Gasteiger partial charge in [0, 0.05) is 18.0 Å². The van der Waals surface area contributed by atoms with Crippen molar-refractivity contribution in [3.63, 3.8) is 0 Å². The summed E-state index contributed by atoms with van der Waals surface area (Å²) in [5.74, 6) is 0.402. The second-order valence-corrected chi connectivity index (χ2v) is 5.76. The lowest BCUT2D eigenvalue weighted by molar-refractivity contribution is 0.0601. The molecule has 0 radical (unpaired) electrons. The molecule has 1 N–H and O–H groups in total. The van der Waals surface area contributed by atoms with Gasteiger partial charge in [0.2, 0.25) is 0 Å². The second-order valence-electron chi connectivity index (χ2n) is 5.76. The summed E-state index contributed by atoms with van der Waals surface area (Å²) in [6.45, 7) is 2.04. The molecule has 0 aliphatic heterocycles. The fraction of sp³-hybridized carbons (Fsp3) is 0.105. The number of ether oxygens (including phenoxy) is 1. The smallest absolute Gasteiger partial charge is 0.337 e. The third-order valence-corrected chi connectivity index (χ3v) is 4.14. The van der Waals surface area contributed by atoms with Crippen LogP contribution in [0.3, 0.4) is 0 Å². The van der Waals surface area contributed by atoms with E-state index in [4.69, 9.17) is 4.74 Å². The van der Waals surface area contributed by atoms with Crippen molar-refractivity contribution < 1.29 is 9.53 Å². The van der Waals surface area contributed by atoms with Crippen molar-refractivity contribution in [1.82, 2.24) is 19.7 Å². The van der Waals surface area contributed by atoms with Gasteiger partial charge in [-0.05, 0) is 55.0 Å². The fourth-order valence-electron chi connectivity index (χ4n) is 2.86. The largest absolute Gasteiger partial charge is 0.465 e. The Bertz CT molecular complexity index is 1060. The van der Waals surface area contributed by atoms with E-state index in [0.29, 0.717) is 5.56 Å². The summed E-state index contributed by atoms with van der Waals surface area (Å²) in [5, 5.41) is 4.25. The maximum atomic E-state index is 11.7. The van der Waals surface area contributed by atoms with Crippen LogP contribution in [0.5, 0.6) is 0 Å². The van der Waals surface area contributed by atoms with Crippen LogP contribution in [0.1, 0.15) is 15.9 Å². The van der Waals surface area contributed by atoms with Crippen LogP contribution in [0.15, 0.2) is 54.9 Å². The Morgan fingerprint density at radius 1 is 1.20 bits per heavy atom. The number of rotatable bonds is 3. The highest BCUT2D eigenvalue weighted by Crippen LogP contribution is 2.26. The van der Waals surface area contributed by atoms with Crippen molar-refractivity contribution in [2.45, 2.75) is 6.92 Å². The summed E-state index contributed by atoms with van der Waals surface area (Å²) >= 11 is 0. The van der Waals surface area contributed by atoms with E-state index in [-0.39, 0.29) is 5.97 Å². The molecule has 2 aromatic heterocycles. The number of nitrogens with one attached hydrogen (secondary N) is 1. The summed E-state index contributed by atoms with van der Waals surface area (Å²) in [6.07, 6.45) is 3.66. The molecule has 6 heteroatoms. The van der Waals surface area contributed by atoms with Gasteiger partial charge >= 0.3 is 5.97 Å². The van der Waals surface area contributed by atoms with Gasteiger partial charge in [-0.2, -0.15) is 5.10 Å². The van der Waals surface area contributed by atoms with Crippen molar-refractivity contribution in [3.05, 3.63) is 66.0 Å². The molecular weight excluding hydrogens is 316 g/mol. The minimum absolute atomic E-state index is 0.363. The lowest BCUT2D eigenvalue weighted by Gasteiger charge is -2.06. The van der Waals surface area contributed by atoms with E-state index < -0.39 is 0 Å². The molecule has 25 heavy (non-hydrogen) atoms. The lowest BCUT2D eigenvalue weighted by atomic mass is 10.1. The normalized spacial score (nSPS) is 11.0. The molecule has 0 atom stereocenters. The Kier molecular flexibility index (Phi) is 3.57. The zero-order valence-corrected chi connectivity index (χ0v) is 13.9. The number of hydrogen-bond donors (Lipinski definition) is 1.